The average molecular weight is 634 g/mol. The highest BCUT2D eigenvalue weighted by Crippen LogP contribution is 2.38. The predicted octanol–water partition coefficient (Wildman–Crippen LogP) is 5.34. The summed E-state index contributed by atoms with van der Waals surface area (Å²) in [5.74, 6) is 0.136. The van der Waals surface area contributed by atoms with Crippen molar-refractivity contribution in [2.24, 2.45) is 0 Å². The van der Waals surface area contributed by atoms with Crippen LogP contribution >= 0.6 is 27.5 Å². The Kier molecular flexibility index (Phi) is 8.81. The Bertz CT molecular complexity index is 1430. The number of aryl methyl sites for hydroxylation is 3. The number of halogens is 2. The molecule has 1 amide bonds. The Balaban J connectivity index is 1.26. The zero-order valence-corrected chi connectivity index (χ0v) is 25.2. The Labute approximate surface area is 254 Å². The third-order valence-corrected chi connectivity index (χ3v) is 8.79. The molecular weight excluding hydrogens is 600 g/mol. The summed E-state index contributed by atoms with van der Waals surface area (Å²) in [5, 5.41) is 4.29. The molecule has 7 nitrogen and oxygen atoms in total. The second-order valence-corrected chi connectivity index (χ2v) is 12.2. The molecular formula is C32H34BrClN6O. The van der Waals surface area contributed by atoms with Crippen LogP contribution in [0.2, 0.25) is 5.02 Å². The van der Waals surface area contributed by atoms with Crippen molar-refractivity contribution in [3.63, 3.8) is 0 Å². The van der Waals surface area contributed by atoms with Crippen molar-refractivity contribution >= 4 is 33.4 Å². The van der Waals surface area contributed by atoms with Crippen molar-refractivity contribution in [3.8, 4) is 0 Å². The van der Waals surface area contributed by atoms with Gasteiger partial charge in [0.2, 0.25) is 5.91 Å². The molecule has 1 unspecified atom stereocenters. The van der Waals surface area contributed by atoms with Gasteiger partial charge in [-0.25, -0.2) is 4.98 Å². The summed E-state index contributed by atoms with van der Waals surface area (Å²) < 4.78 is 0.985. The number of carbonyl (C=O) groups excluding carboxylic acids is 1. The van der Waals surface area contributed by atoms with Crippen LogP contribution < -0.4 is 5.32 Å². The molecule has 2 N–H and O–H groups in total. The zero-order valence-electron chi connectivity index (χ0n) is 22.9. The van der Waals surface area contributed by atoms with Crippen LogP contribution in [0, 0.1) is 0 Å². The number of nitrogens with zero attached hydrogens (tertiary/aromatic N) is 4. The Morgan fingerprint density at radius 2 is 1.95 bits per heavy atom. The number of hydrogen-bond acceptors (Lipinski definition) is 5. The lowest BCUT2D eigenvalue weighted by atomic mass is 9.95. The van der Waals surface area contributed by atoms with Crippen molar-refractivity contribution in [1.29, 1.82) is 0 Å². The number of amides is 1. The van der Waals surface area contributed by atoms with E-state index in [0.717, 1.165) is 65.2 Å². The molecule has 41 heavy (non-hydrogen) atoms. The van der Waals surface area contributed by atoms with Crippen molar-refractivity contribution in [2.75, 3.05) is 26.2 Å². The number of rotatable bonds is 8. The summed E-state index contributed by atoms with van der Waals surface area (Å²) in [4.78, 5) is 30.8. The molecule has 0 bridgehead atoms. The fourth-order valence-electron chi connectivity index (χ4n) is 6.13. The van der Waals surface area contributed by atoms with E-state index in [1.807, 2.05) is 41.6 Å². The number of H-pyrrole nitrogens is 1. The highest BCUT2D eigenvalue weighted by Gasteiger charge is 2.36. The summed E-state index contributed by atoms with van der Waals surface area (Å²) in [7, 11) is 0. The molecule has 2 aromatic heterocycles. The number of fused-ring (bicyclic) bond motifs is 2. The van der Waals surface area contributed by atoms with Gasteiger partial charge in [0.1, 0.15) is 0 Å². The van der Waals surface area contributed by atoms with E-state index in [1.165, 1.54) is 16.7 Å². The van der Waals surface area contributed by atoms with Crippen LogP contribution in [0.5, 0.6) is 0 Å². The maximum atomic E-state index is 14.1. The van der Waals surface area contributed by atoms with E-state index in [1.54, 1.807) is 6.33 Å². The number of nitrogens with one attached hydrogen (secondary N) is 2. The van der Waals surface area contributed by atoms with Gasteiger partial charge < -0.3 is 15.2 Å². The third kappa shape index (κ3) is 6.56. The zero-order chi connectivity index (χ0) is 28.2. The lowest BCUT2D eigenvalue weighted by molar-refractivity contribution is -0.135. The van der Waals surface area contributed by atoms with Crippen LogP contribution in [0.1, 0.15) is 46.1 Å². The maximum Gasteiger partial charge on any atom is 0.241 e. The summed E-state index contributed by atoms with van der Waals surface area (Å²) in [6.07, 6.45) is 8.97. The topological polar surface area (TPSA) is 77.2 Å². The number of aromatic amines is 1. The van der Waals surface area contributed by atoms with Gasteiger partial charge >= 0.3 is 0 Å². The van der Waals surface area contributed by atoms with Crippen LogP contribution in [-0.2, 0) is 30.6 Å². The first-order valence-corrected chi connectivity index (χ1v) is 15.4. The fraction of sp³-hybridized carbons (Fsp3) is 0.344. The van der Waals surface area contributed by atoms with Crippen LogP contribution in [0.25, 0.3) is 0 Å². The first-order valence-electron chi connectivity index (χ1n) is 14.2. The van der Waals surface area contributed by atoms with Gasteiger partial charge in [-0.1, -0.05) is 48.0 Å². The monoisotopic (exact) mass is 632 g/mol. The predicted molar refractivity (Wildman–Crippen MR) is 165 cm³/mol. The van der Waals surface area contributed by atoms with E-state index in [0.29, 0.717) is 19.6 Å². The Morgan fingerprint density at radius 1 is 1.10 bits per heavy atom. The van der Waals surface area contributed by atoms with E-state index in [-0.39, 0.29) is 18.0 Å². The van der Waals surface area contributed by atoms with Gasteiger partial charge in [-0.05, 0) is 82.1 Å². The number of hydrogen-bond donors (Lipinski definition) is 2. The van der Waals surface area contributed by atoms with E-state index in [9.17, 15) is 4.79 Å². The fourth-order valence-corrected chi connectivity index (χ4v) is 6.70. The van der Waals surface area contributed by atoms with Crippen molar-refractivity contribution in [2.45, 2.75) is 44.3 Å². The number of aromatic nitrogens is 3. The lowest BCUT2D eigenvalue weighted by Gasteiger charge is -2.40. The van der Waals surface area contributed by atoms with Crippen molar-refractivity contribution in [3.05, 3.63) is 116 Å². The summed E-state index contributed by atoms with van der Waals surface area (Å²) in [5.41, 5.74) is 7.02. The first-order chi connectivity index (χ1) is 20.0. The smallest absolute Gasteiger partial charge is 0.241 e. The standard InChI is InChI=1S/C32H34BrClN6O/c33-25-15-24-9-8-23-16-26(34)10-11-28(23)31(30(24)37-17-25)39-14-12-36-29(20-39)32(41)40(19-22-5-2-1-3-6-22)13-4-7-27-18-35-21-38-27/h1-3,5-6,10-11,15-18,21,29,31,36H,4,7-9,12-14,19-20H2,(H,35,38)/t29-,31?/m1/s1. The molecule has 0 saturated carbocycles. The molecule has 1 aliphatic heterocycles. The molecule has 212 valence electrons. The number of benzene rings is 2. The van der Waals surface area contributed by atoms with E-state index in [2.05, 4.69) is 66.4 Å². The molecule has 0 spiro atoms. The molecule has 9 heteroatoms. The SMILES string of the molecule is O=C([C@H]1CN(C2c3ccc(Cl)cc3CCc3cc(Br)cnc32)CCN1)N(CCCc1cnc[nH]1)Cc1ccccc1. The number of carbonyl (C=O) groups is 1. The molecule has 1 aliphatic carbocycles. The van der Waals surface area contributed by atoms with Gasteiger partial charge in [0.15, 0.2) is 0 Å². The number of pyridine rings is 1. The van der Waals surface area contributed by atoms with Gasteiger partial charge in [-0.2, -0.15) is 0 Å². The van der Waals surface area contributed by atoms with E-state index in [4.69, 9.17) is 16.6 Å². The van der Waals surface area contributed by atoms with Gasteiger partial charge in [-0.3, -0.25) is 14.7 Å². The molecule has 4 aromatic rings. The maximum absolute atomic E-state index is 14.1. The quantitative estimate of drug-likeness (QED) is 0.274. The minimum atomic E-state index is -0.308. The van der Waals surface area contributed by atoms with Crippen LogP contribution in [-0.4, -0.2) is 62.9 Å². The molecule has 0 radical (unpaired) electrons. The second-order valence-electron chi connectivity index (χ2n) is 10.9. The summed E-state index contributed by atoms with van der Waals surface area (Å²) >= 11 is 10.1. The van der Waals surface area contributed by atoms with Crippen LogP contribution in [0.4, 0.5) is 0 Å². The molecule has 2 aromatic carbocycles. The highest BCUT2D eigenvalue weighted by molar-refractivity contribution is 9.10. The minimum Gasteiger partial charge on any atom is -0.348 e. The van der Waals surface area contributed by atoms with Gasteiger partial charge in [0.05, 0.1) is 24.1 Å². The third-order valence-electron chi connectivity index (χ3n) is 8.12. The highest BCUT2D eigenvalue weighted by atomic mass is 79.9. The molecule has 1 saturated heterocycles. The number of piperazine rings is 1. The Hall–Kier alpha value is -3.04. The van der Waals surface area contributed by atoms with E-state index >= 15 is 0 Å². The molecule has 2 atom stereocenters. The summed E-state index contributed by atoms with van der Waals surface area (Å²) in [6, 6.07) is 18.3. The lowest BCUT2D eigenvalue weighted by Crippen LogP contribution is -2.58. The average Bonchev–Trinajstić information content (AvgIpc) is 3.46. The molecule has 6 rings (SSSR count). The van der Waals surface area contributed by atoms with Crippen molar-refractivity contribution < 1.29 is 4.79 Å². The molecule has 2 aliphatic rings. The summed E-state index contributed by atoms with van der Waals surface area (Å²) in [6.45, 7) is 3.42. The number of imidazole rings is 1. The van der Waals surface area contributed by atoms with Gasteiger partial charge in [-0.15, -0.1) is 0 Å². The van der Waals surface area contributed by atoms with Gasteiger partial charge in [0.25, 0.3) is 0 Å². The minimum absolute atomic E-state index is 0.0341. The second kappa shape index (κ2) is 12.9. The molecule has 3 heterocycles. The van der Waals surface area contributed by atoms with E-state index < -0.39 is 0 Å². The first kappa shape index (κ1) is 28.1. The largest absolute Gasteiger partial charge is 0.348 e. The van der Waals surface area contributed by atoms with Crippen molar-refractivity contribution in [1.82, 2.24) is 30.1 Å². The molecule has 1 fully saturated rings. The Morgan fingerprint density at radius 3 is 2.78 bits per heavy atom. The van der Waals surface area contributed by atoms with Gasteiger partial charge in [0, 0.05) is 60.3 Å². The van der Waals surface area contributed by atoms with Crippen LogP contribution in [0.15, 0.2) is 77.8 Å². The normalized spacial score (nSPS) is 18.8. The van der Waals surface area contributed by atoms with Crippen LogP contribution in [0.3, 0.4) is 0 Å².